The number of hydrogen-bond acceptors (Lipinski definition) is 2. The first-order valence-electron chi connectivity index (χ1n) is 8.39. The van der Waals surface area contributed by atoms with Gasteiger partial charge in [-0.2, -0.15) is 0 Å². The van der Waals surface area contributed by atoms with E-state index in [0.29, 0.717) is 5.02 Å². The zero-order valence-corrected chi connectivity index (χ0v) is 15.0. The van der Waals surface area contributed by atoms with Gasteiger partial charge >= 0.3 is 5.97 Å². The SMILES string of the molecule is O=C(O)c1ccc(/C=C/c2ccc(-c3cc4cc(Cl)ccc4o3)cc2)cc1. The monoisotopic (exact) mass is 374 g/mol. The predicted molar refractivity (Wildman–Crippen MR) is 109 cm³/mol. The van der Waals surface area contributed by atoms with Crippen molar-refractivity contribution in [1.29, 1.82) is 0 Å². The van der Waals surface area contributed by atoms with Gasteiger partial charge in [0.25, 0.3) is 0 Å². The Morgan fingerprint density at radius 2 is 1.48 bits per heavy atom. The number of fused-ring (bicyclic) bond motifs is 1. The van der Waals surface area contributed by atoms with E-state index in [9.17, 15) is 4.79 Å². The smallest absolute Gasteiger partial charge is 0.335 e. The summed E-state index contributed by atoms with van der Waals surface area (Å²) in [6, 6.07) is 22.3. The molecule has 27 heavy (non-hydrogen) atoms. The van der Waals surface area contributed by atoms with E-state index >= 15 is 0 Å². The Balaban J connectivity index is 1.53. The molecule has 1 aromatic heterocycles. The summed E-state index contributed by atoms with van der Waals surface area (Å²) in [5, 5.41) is 10.6. The predicted octanol–water partition coefficient (Wildman–Crippen LogP) is 6.62. The lowest BCUT2D eigenvalue weighted by Crippen LogP contribution is -1.94. The first-order chi connectivity index (χ1) is 13.1. The van der Waals surface area contributed by atoms with Crippen LogP contribution in [0.2, 0.25) is 5.02 Å². The molecule has 1 heterocycles. The Kier molecular flexibility index (Phi) is 4.53. The fourth-order valence-corrected chi connectivity index (χ4v) is 3.02. The van der Waals surface area contributed by atoms with Gasteiger partial charge in [-0.3, -0.25) is 0 Å². The van der Waals surface area contributed by atoms with E-state index in [4.69, 9.17) is 21.1 Å². The molecule has 0 aliphatic carbocycles. The second kappa shape index (κ2) is 7.14. The van der Waals surface area contributed by atoms with Crippen LogP contribution in [0.25, 0.3) is 34.4 Å². The van der Waals surface area contributed by atoms with Crippen molar-refractivity contribution in [1.82, 2.24) is 0 Å². The third-order valence-electron chi connectivity index (χ3n) is 4.30. The summed E-state index contributed by atoms with van der Waals surface area (Å²) in [6.07, 6.45) is 3.93. The van der Waals surface area contributed by atoms with Gasteiger partial charge in [0, 0.05) is 16.0 Å². The molecule has 4 aromatic rings. The minimum Gasteiger partial charge on any atom is -0.478 e. The molecule has 0 bridgehead atoms. The highest BCUT2D eigenvalue weighted by Gasteiger charge is 2.06. The molecular weight excluding hydrogens is 360 g/mol. The Morgan fingerprint density at radius 3 is 2.11 bits per heavy atom. The molecule has 0 aliphatic rings. The zero-order valence-electron chi connectivity index (χ0n) is 14.2. The maximum absolute atomic E-state index is 10.9. The zero-order chi connectivity index (χ0) is 18.8. The van der Waals surface area contributed by atoms with Crippen LogP contribution in [0.15, 0.2) is 77.2 Å². The van der Waals surface area contributed by atoms with Crippen LogP contribution in [0.4, 0.5) is 0 Å². The van der Waals surface area contributed by atoms with Crippen molar-refractivity contribution >= 4 is 40.7 Å². The number of furan rings is 1. The highest BCUT2D eigenvalue weighted by Crippen LogP contribution is 2.29. The van der Waals surface area contributed by atoms with E-state index in [0.717, 1.165) is 33.4 Å². The number of hydrogen-bond donors (Lipinski definition) is 1. The van der Waals surface area contributed by atoms with Gasteiger partial charge in [-0.15, -0.1) is 0 Å². The van der Waals surface area contributed by atoms with Crippen LogP contribution in [0, 0.1) is 0 Å². The minimum atomic E-state index is -0.922. The average Bonchev–Trinajstić information content (AvgIpc) is 3.10. The minimum absolute atomic E-state index is 0.281. The quantitative estimate of drug-likeness (QED) is 0.408. The molecule has 0 radical (unpaired) electrons. The van der Waals surface area contributed by atoms with Gasteiger partial charge in [0.15, 0.2) is 0 Å². The van der Waals surface area contributed by atoms with Crippen molar-refractivity contribution in [2.24, 2.45) is 0 Å². The Labute approximate surface area is 161 Å². The number of carboxylic acids is 1. The molecule has 0 unspecified atom stereocenters. The van der Waals surface area contributed by atoms with Crippen molar-refractivity contribution in [2.45, 2.75) is 0 Å². The maximum Gasteiger partial charge on any atom is 0.335 e. The molecule has 0 aliphatic heterocycles. The standard InChI is InChI=1S/C23H15ClO3/c24-20-11-12-21-19(13-20)14-22(27-21)17-7-3-15(4-8-17)1-2-16-5-9-18(10-6-16)23(25)26/h1-14H,(H,25,26)/b2-1+. The molecular formula is C23H15ClO3. The van der Waals surface area contributed by atoms with E-state index < -0.39 is 5.97 Å². The highest BCUT2D eigenvalue weighted by atomic mass is 35.5. The molecule has 0 atom stereocenters. The normalized spacial score (nSPS) is 11.3. The third kappa shape index (κ3) is 3.78. The second-order valence-corrected chi connectivity index (χ2v) is 6.61. The molecule has 4 heteroatoms. The fraction of sp³-hybridized carbons (Fsp3) is 0. The topological polar surface area (TPSA) is 50.4 Å². The van der Waals surface area contributed by atoms with Crippen LogP contribution in [0.5, 0.6) is 0 Å². The summed E-state index contributed by atoms with van der Waals surface area (Å²) in [5.74, 6) is -0.124. The molecule has 132 valence electrons. The van der Waals surface area contributed by atoms with Gasteiger partial charge in [0.1, 0.15) is 11.3 Å². The van der Waals surface area contributed by atoms with Crippen molar-refractivity contribution in [3.63, 3.8) is 0 Å². The molecule has 0 saturated heterocycles. The Bertz CT molecular complexity index is 1140. The summed E-state index contributed by atoms with van der Waals surface area (Å²) < 4.78 is 5.88. The molecule has 0 spiro atoms. The van der Waals surface area contributed by atoms with E-state index in [2.05, 4.69) is 0 Å². The van der Waals surface area contributed by atoms with Crippen molar-refractivity contribution < 1.29 is 14.3 Å². The fourth-order valence-electron chi connectivity index (χ4n) is 2.84. The number of carboxylic acid groups (broad SMARTS) is 1. The number of rotatable bonds is 4. The van der Waals surface area contributed by atoms with Crippen molar-refractivity contribution in [3.05, 3.63) is 94.5 Å². The Hall–Kier alpha value is -3.30. The summed E-state index contributed by atoms with van der Waals surface area (Å²) >= 11 is 6.03. The number of carbonyl (C=O) groups is 1. The summed E-state index contributed by atoms with van der Waals surface area (Å²) in [4.78, 5) is 10.9. The third-order valence-corrected chi connectivity index (χ3v) is 4.53. The van der Waals surface area contributed by atoms with Gasteiger partial charge in [0.2, 0.25) is 0 Å². The van der Waals surface area contributed by atoms with Crippen LogP contribution in [-0.4, -0.2) is 11.1 Å². The number of aromatic carboxylic acids is 1. The molecule has 3 aromatic carbocycles. The van der Waals surface area contributed by atoms with Crippen molar-refractivity contribution in [3.8, 4) is 11.3 Å². The molecule has 1 N–H and O–H groups in total. The second-order valence-electron chi connectivity index (χ2n) is 6.18. The lowest BCUT2D eigenvalue weighted by molar-refractivity contribution is 0.0697. The van der Waals surface area contributed by atoms with Gasteiger partial charge in [-0.05, 0) is 47.5 Å². The lowest BCUT2D eigenvalue weighted by atomic mass is 10.1. The van der Waals surface area contributed by atoms with E-state index in [1.807, 2.05) is 60.7 Å². The lowest BCUT2D eigenvalue weighted by Gasteiger charge is -1.99. The van der Waals surface area contributed by atoms with Gasteiger partial charge in [0.05, 0.1) is 5.56 Å². The molecule has 0 saturated carbocycles. The van der Waals surface area contributed by atoms with E-state index in [-0.39, 0.29) is 5.56 Å². The first-order valence-corrected chi connectivity index (χ1v) is 8.77. The summed E-state index contributed by atoms with van der Waals surface area (Å²) in [7, 11) is 0. The number of benzene rings is 3. The van der Waals surface area contributed by atoms with Crippen LogP contribution < -0.4 is 0 Å². The van der Waals surface area contributed by atoms with Crippen LogP contribution in [-0.2, 0) is 0 Å². The number of halogens is 1. The van der Waals surface area contributed by atoms with Crippen LogP contribution in [0.1, 0.15) is 21.5 Å². The Morgan fingerprint density at radius 1 is 0.852 bits per heavy atom. The van der Waals surface area contributed by atoms with Crippen LogP contribution in [0.3, 0.4) is 0 Å². The molecule has 4 rings (SSSR count). The molecule has 0 fully saturated rings. The van der Waals surface area contributed by atoms with Crippen molar-refractivity contribution in [2.75, 3.05) is 0 Å². The molecule has 0 amide bonds. The summed E-state index contributed by atoms with van der Waals surface area (Å²) in [5.41, 5.74) is 4.07. The van der Waals surface area contributed by atoms with E-state index in [1.54, 1.807) is 24.3 Å². The summed E-state index contributed by atoms with van der Waals surface area (Å²) in [6.45, 7) is 0. The average molecular weight is 375 g/mol. The highest BCUT2D eigenvalue weighted by molar-refractivity contribution is 6.31. The largest absolute Gasteiger partial charge is 0.478 e. The van der Waals surface area contributed by atoms with Gasteiger partial charge < -0.3 is 9.52 Å². The maximum atomic E-state index is 10.9. The van der Waals surface area contributed by atoms with E-state index in [1.165, 1.54) is 0 Å². The molecule has 3 nitrogen and oxygen atoms in total. The first kappa shape index (κ1) is 17.1. The van der Waals surface area contributed by atoms with Gasteiger partial charge in [-0.1, -0.05) is 60.2 Å². The van der Waals surface area contributed by atoms with Crippen LogP contribution >= 0.6 is 11.6 Å². The van der Waals surface area contributed by atoms with Gasteiger partial charge in [-0.25, -0.2) is 4.79 Å².